The Balaban J connectivity index is 1.64. The van der Waals surface area contributed by atoms with Crippen LogP contribution in [-0.2, 0) is 4.79 Å². The number of pyridine rings is 1. The van der Waals surface area contributed by atoms with E-state index in [1.807, 2.05) is 31.2 Å². The average Bonchev–Trinajstić information content (AvgIpc) is 3.33. The SMILES string of the molecule is Cc1ccc2nc(C3CC3)cc(C(=O)N[C@H]3CC[C@@H](C(=O)O)C3)c2c1. The first kappa shape index (κ1) is 16.1. The summed E-state index contributed by atoms with van der Waals surface area (Å²) in [4.78, 5) is 28.8. The molecule has 1 amide bonds. The number of carbonyl (C=O) groups is 2. The van der Waals surface area contributed by atoms with Crippen LogP contribution in [0.4, 0.5) is 0 Å². The topological polar surface area (TPSA) is 79.3 Å². The van der Waals surface area contributed by atoms with Gasteiger partial charge in [0.05, 0.1) is 17.0 Å². The van der Waals surface area contributed by atoms with Crippen molar-refractivity contribution in [2.75, 3.05) is 0 Å². The van der Waals surface area contributed by atoms with E-state index in [9.17, 15) is 9.59 Å². The predicted octanol–water partition coefficient (Wildman–Crippen LogP) is 3.40. The van der Waals surface area contributed by atoms with Crippen LogP contribution in [0.5, 0.6) is 0 Å². The third kappa shape index (κ3) is 3.23. The first-order chi connectivity index (χ1) is 12.0. The second-order valence-corrected chi connectivity index (χ2v) is 7.41. The monoisotopic (exact) mass is 338 g/mol. The summed E-state index contributed by atoms with van der Waals surface area (Å²) in [6.07, 6.45) is 4.13. The number of hydrogen-bond acceptors (Lipinski definition) is 3. The first-order valence-electron chi connectivity index (χ1n) is 8.96. The van der Waals surface area contributed by atoms with Gasteiger partial charge in [-0.05, 0) is 57.2 Å². The number of hydrogen-bond donors (Lipinski definition) is 2. The van der Waals surface area contributed by atoms with E-state index >= 15 is 0 Å². The fourth-order valence-electron chi connectivity index (χ4n) is 3.74. The molecule has 1 heterocycles. The molecule has 2 atom stereocenters. The molecule has 5 heteroatoms. The number of rotatable bonds is 4. The largest absolute Gasteiger partial charge is 0.481 e. The van der Waals surface area contributed by atoms with Crippen molar-refractivity contribution in [2.24, 2.45) is 5.92 Å². The van der Waals surface area contributed by atoms with E-state index in [4.69, 9.17) is 10.1 Å². The van der Waals surface area contributed by atoms with Gasteiger partial charge in [-0.2, -0.15) is 0 Å². The number of carboxylic acid groups (broad SMARTS) is 1. The molecule has 0 unspecified atom stereocenters. The van der Waals surface area contributed by atoms with Crippen LogP contribution in [0, 0.1) is 12.8 Å². The van der Waals surface area contributed by atoms with Crippen molar-refractivity contribution in [2.45, 2.75) is 51.0 Å². The Kier molecular flexibility index (Phi) is 3.94. The molecule has 5 nitrogen and oxygen atoms in total. The summed E-state index contributed by atoms with van der Waals surface area (Å²) in [6, 6.07) is 7.86. The highest BCUT2D eigenvalue weighted by atomic mass is 16.4. The number of carbonyl (C=O) groups excluding carboxylic acids is 1. The third-order valence-corrected chi connectivity index (χ3v) is 5.34. The van der Waals surface area contributed by atoms with Gasteiger partial charge >= 0.3 is 5.97 Å². The highest BCUT2D eigenvalue weighted by molar-refractivity contribution is 6.06. The van der Waals surface area contributed by atoms with Crippen LogP contribution in [0.3, 0.4) is 0 Å². The molecule has 2 saturated carbocycles. The Bertz CT molecular complexity index is 857. The van der Waals surface area contributed by atoms with Crippen LogP contribution >= 0.6 is 0 Å². The molecule has 0 aliphatic heterocycles. The maximum atomic E-state index is 12.9. The van der Waals surface area contributed by atoms with Crippen molar-refractivity contribution in [1.82, 2.24) is 10.3 Å². The zero-order valence-corrected chi connectivity index (χ0v) is 14.3. The minimum Gasteiger partial charge on any atom is -0.481 e. The van der Waals surface area contributed by atoms with E-state index in [-0.39, 0.29) is 17.9 Å². The van der Waals surface area contributed by atoms with Gasteiger partial charge < -0.3 is 10.4 Å². The second-order valence-electron chi connectivity index (χ2n) is 7.41. The van der Waals surface area contributed by atoms with Crippen molar-refractivity contribution in [3.63, 3.8) is 0 Å². The smallest absolute Gasteiger partial charge is 0.306 e. The molecule has 2 aromatic rings. The maximum Gasteiger partial charge on any atom is 0.306 e. The lowest BCUT2D eigenvalue weighted by Gasteiger charge is -2.15. The van der Waals surface area contributed by atoms with Gasteiger partial charge in [0.25, 0.3) is 5.91 Å². The van der Waals surface area contributed by atoms with Crippen LogP contribution in [0.2, 0.25) is 0 Å². The number of nitrogens with one attached hydrogen (secondary N) is 1. The molecule has 0 radical (unpaired) electrons. The molecule has 130 valence electrons. The molecular weight excluding hydrogens is 316 g/mol. The second kappa shape index (κ2) is 6.14. The Morgan fingerprint density at radius 2 is 1.96 bits per heavy atom. The van der Waals surface area contributed by atoms with Crippen molar-refractivity contribution in [3.8, 4) is 0 Å². The lowest BCUT2D eigenvalue weighted by molar-refractivity contribution is -0.141. The Morgan fingerprint density at radius 1 is 1.16 bits per heavy atom. The quantitative estimate of drug-likeness (QED) is 0.895. The lowest BCUT2D eigenvalue weighted by atomic mass is 10.0. The summed E-state index contributed by atoms with van der Waals surface area (Å²) in [5, 5.41) is 13.1. The predicted molar refractivity (Wildman–Crippen MR) is 94.7 cm³/mol. The highest BCUT2D eigenvalue weighted by Gasteiger charge is 2.32. The molecule has 2 aliphatic carbocycles. The fourth-order valence-corrected chi connectivity index (χ4v) is 3.74. The fraction of sp³-hybridized carbons (Fsp3) is 0.450. The summed E-state index contributed by atoms with van der Waals surface area (Å²) < 4.78 is 0. The minimum absolute atomic E-state index is 0.0639. The molecule has 2 aliphatic rings. The number of nitrogens with zero attached hydrogens (tertiary/aromatic N) is 1. The molecule has 2 fully saturated rings. The maximum absolute atomic E-state index is 12.9. The van der Waals surface area contributed by atoms with Gasteiger partial charge in [-0.3, -0.25) is 14.6 Å². The van der Waals surface area contributed by atoms with Crippen molar-refractivity contribution < 1.29 is 14.7 Å². The molecule has 0 saturated heterocycles. The van der Waals surface area contributed by atoms with Crippen LogP contribution in [0.25, 0.3) is 10.9 Å². The molecule has 0 spiro atoms. The standard InChI is InChI=1S/C20H22N2O3/c1-11-2-7-17-15(8-11)16(10-18(22-17)12-3-4-12)19(23)21-14-6-5-13(9-14)20(24)25/h2,7-8,10,12-14H,3-6,9H2,1H3,(H,21,23)(H,24,25)/t13-,14+/m1/s1. The van der Waals surface area contributed by atoms with E-state index in [0.29, 0.717) is 24.3 Å². The van der Waals surface area contributed by atoms with E-state index < -0.39 is 5.97 Å². The molecule has 1 aromatic carbocycles. The van der Waals surface area contributed by atoms with Crippen molar-refractivity contribution >= 4 is 22.8 Å². The third-order valence-electron chi connectivity index (χ3n) is 5.34. The van der Waals surface area contributed by atoms with Gasteiger partial charge in [-0.25, -0.2) is 0 Å². The van der Waals surface area contributed by atoms with Crippen LogP contribution < -0.4 is 5.32 Å². The number of aromatic nitrogens is 1. The Hall–Kier alpha value is -2.43. The number of aryl methyl sites for hydroxylation is 1. The van der Waals surface area contributed by atoms with Gasteiger partial charge in [0.1, 0.15) is 0 Å². The van der Waals surface area contributed by atoms with Gasteiger partial charge in [0, 0.05) is 23.0 Å². The molecule has 0 bridgehead atoms. The van der Waals surface area contributed by atoms with Crippen LogP contribution in [0.1, 0.15) is 59.6 Å². The first-order valence-corrected chi connectivity index (χ1v) is 8.96. The van der Waals surface area contributed by atoms with E-state index in [2.05, 4.69) is 5.32 Å². The van der Waals surface area contributed by atoms with Gasteiger partial charge in [-0.1, -0.05) is 11.6 Å². The number of amides is 1. The molecular formula is C20H22N2O3. The van der Waals surface area contributed by atoms with Crippen LogP contribution in [-0.4, -0.2) is 28.0 Å². The number of fused-ring (bicyclic) bond motifs is 1. The summed E-state index contributed by atoms with van der Waals surface area (Å²) >= 11 is 0. The van der Waals surface area contributed by atoms with Gasteiger partial charge in [-0.15, -0.1) is 0 Å². The molecule has 2 N–H and O–H groups in total. The molecule has 25 heavy (non-hydrogen) atoms. The lowest BCUT2D eigenvalue weighted by Crippen LogP contribution is -2.33. The molecule has 4 rings (SSSR count). The highest BCUT2D eigenvalue weighted by Crippen LogP contribution is 2.40. The number of benzene rings is 1. The van der Waals surface area contributed by atoms with Crippen LogP contribution in [0.15, 0.2) is 24.3 Å². The molecule has 1 aromatic heterocycles. The van der Waals surface area contributed by atoms with Crippen molar-refractivity contribution in [1.29, 1.82) is 0 Å². The average molecular weight is 338 g/mol. The Labute approximate surface area is 146 Å². The zero-order valence-electron chi connectivity index (χ0n) is 14.3. The van der Waals surface area contributed by atoms with Gasteiger partial charge in [0.15, 0.2) is 0 Å². The normalized spacial score (nSPS) is 22.9. The summed E-state index contributed by atoms with van der Waals surface area (Å²) in [5.74, 6) is -0.752. The van der Waals surface area contributed by atoms with Gasteiger partial charge in [0.2, 0.25) is 0 Å². The van der Waals surface area contributed by atoms with E-state index in [1.54, 1.807) is 0 Å². The summed E-state index contributed by atoms with van der Waals surface area (Å²) in [7, 11) is 0. The number of carboxylic acids is 1. The summed E-state index contributed by atoms with van der Waals surface area (Å²) in [6.45, 7) is 2.00. The van der Waals surface area contributed by atoms with E-state index in [1.165, 1.54) is 0 Å². The minimum atomic E-state index is -0.766. The Morgan fingerprint density at radius 3 is 2.64 bits per heavy atom. The summed E-state index contributed by atoms with van der Waals surface area (Å²) in [5.41, 5.74) is 3.61. The zero-order chi connectivity index (χ0) is 17.6. The van der Waals surface area contributed by atoms with E-state index in [0.717, 1.165) is 41.4 Å². The van der Waals surface area contributed by atoms with Crippen molar-refractivity contribution in [3.05, 3.63) is 41.1 Å². The number of aliphatic carboxylic acids is 1.